The second-order valence-electron chi connectivity index (χ2n) is 5.21. The van der Waals surface area contributed by atoms with Gasteiger partial charge in [0.1, 0.15) is 9.77 Å². The number of aryl methyl sites for hydroxylation is 1. The van der Waals surface area contributed by atoms with Crippen LogP contribution < -0.4 is 0 Å². The van der Waals surface area contributed by atoms with Gasteiger partial charge >= 0.3 is 5.97 Å². The highest BCUT2D eigenvalue weighted by atomic mass is 32.2. The average molecular weight is 319 g/mol. The van der Waals surface area contributed by atoms with Crippen molar-refractivity contribution >= 4 is 27.3 Å². The molecule has 0 fully saturated rings. The van der Waals surface area contributed by atoms with Crippen molar-refractivity contribution in [1.29, 1.82) is 0 Å². The molecule has 0 bridgehead atoms. The van der Waals surface area contributed by atoms with Crippen molar-refractivity contribution < 1.29 is 17.9 Å². The van der Waals surface area contributed by atoms with Gasteiger partial charge in [-0.05, 0) is 38.1 Å². The molecular weight excluding hydrogens is 298 g/mol. The van der Waals surface area contributed by atoms with E-state index in [0.29, 0.717) is 12.0 Å². The first-order valence-electron chi connectivity index (χ1n) is 6.25. The normalized spacial score (nSPS) is 12.8. The molecule has 7 heteroatoms. The van der Waals surface area contributed by atoms with Crippen molar-refractivity contribution in [3.63, 3.8) is 0 Å². The smallest absolute Gasteiger partial charge is 0.349 e. The third kappa shape index (κ3) is 2.89. The summed E-state index contributed by atoms with van der Waals surface area (Å²) in [6.07, 6.45) is 0.666. The van der Waals surface area contributed by atoms with Crippen LogP contribution in [0.25, 0.3) is 0 Å². The number of sulfonamides is 1. The third-order valence-electron chi connectivity index (χ3n) is 3.62. The average Bonchev–Trinajstić information content (AvgIpc) is 2.79. The van der Waals surface area contributed by atoms with Gasteiger partial charge in [0.15, 0.2) is 0 Å². The van der Waals surface area contributed by atoms with Crippen molar-refractivity contribution in [2.75, 3.05) is 14.2 Å². The van der Waals surface area contributed by atoms with Gasteiger partial charge in [-0.2, -0.15) is 4.31 Å². The number of rotatable bonds is 5. The molecule has 1 aromatic heterocycles. The zero-order valence-corrected chi connectivity index (χ0v) is 14.3. The molecule has 1 aromatic rings. The number of nitrogens with zero attached hydrogens (tertiary/aromatic N) is 1. The largest absolute Gasteiger partial charge is 0.465 e. The Morgan fingerprint density at radius 3 is 2.45 bits per heavy atom. The number of esters is 1. The standard InChI is InChI=1S/C13H21NO4S2/c1-7-13(3,4)14(5)20(16,17)11-9(2)8-19-10(11)12(15)18-6/h8H,7H2,1-6H3. The Hall–Kier alpha value is -0.920. The number of methoxy groups -OCH3 is 1. The Morgan fingerprint density at radius 1 is 1.45 bits per heavy atom. The van der Waals surface area contributed by atoms with E-state index in [4.69, 9.17) is 0 Å². The molecule has 0 saturated carbocycles. The van der Waals surface area contributed by atoms with Crippen LogP contribution in [0.4, 0.5) is 0 Å². The van der Waals surface area contributed by atoms with Crippen molar-refractivity contribution in [2.24, 2.45) is 0 Å². The zero-order chi connectivity index (χ0) is 15.7. The van der Waals surface area contributed by atoms with Crippen LogP contribution in [0.3, 0.4) is 0 Å². The van der Waals surface area contributed by atoms with Crippen molar-refractivity contribution in [3.8, 4) is 0 Å². The summed E-state index contributed by atoms with van der Waals surface area (Å²) in [6.45, 7) is 7.31. The Bertz CT molecular complexity index is 602. The number of carbonyl (C=O) groups excluding carboxylic acids is 1. The summed E-state index contributed by atoms with van der Waals surface area (Å²) in [5.74, 6) is -0.621. The molecule has 0 atom stereocenters. The lowest BCUT2D eigenvalue weighted by Gasteiger charge is -2.33. The van der Waals surface area contributed by atoms with Gasteiger partial charge in [-0.1, -0.05) is 6.92 Å². The highest BCUT2D eigenvalue weighted by molar-refractivity contribution is 7.89. The maximum atomic E-state index is 12.8. The van der Waals surface area contributed by atoms with Crippen LogP contribution in [0.15, 0.2) is 10.3 Å². The van der Waals surface area contributed by atoms with Crippen LogP contribution in [-0.2, 0) is 14.8 Å². The Morgan fingerprint density at radius 2 is 2.00 bits per heavy atom. The number of hydrogen-bond donors (Lipinski definition) is 0. The summed E-state index contributed by atoms with van der Waals surface area (Å²) in [6, 6.07) is 0. The summed E-state index contributed by atoms with van der Waals surface area (Å²) < 4.78 is 31.6. The molecule has 20 heavy (non-hydrogen) atoms. The third-order valence-corrected chi connectivity index (χ3v) is 7.09. The van der Waals surface area contributed by atoms with Gasteiger partial charge in [0.05, 0.1) is 7.11 Å². The monoisotopic (exact) mass is 319 g/mol. The van der Waals surface area contributed by atoms with Gasteiger partial charge in [0, 0.05) is 12.6 Å². The van der Waals surface area contributed by atoms with E-state index in [-0.39, 0.29) is 9.77 Å². The second-order valence-corrected chi connectivity index (χ2v) is 7.99. The molecule has 0 aliphatic heterocycles. The highest BCUT2D eigenvalue weighted by Crippen LogP contribution is 2.33. The first-order chi connectivity index (χ1) is 9.09. The molecule has 114 valence electrons. The molecule has 0 radical (unpaired) electrons. The number of hydrogen-bond acceptors (Lipinski definition) is 5. The van der Waals surface area contributed by atoms with Crippen LogP contribution in [0.2, 0.25) is 0 Å². The molecule has 0 N–H and O–H groups in total. The molecule has 0 spiro atoms. The Balaban J connectivity index is 3.44. The minimum Gasteiger partial charge on any atom is -0.465 e. The topological polar surface area (TPSA) is 63.7 Å². The molecule has 0 amide bonds. The number of ether oxygens (including phenoxy) is 1. The van der Waals surface area contributed by atoms with E-state index in [2.05, 4.69) is 4.74 Å². The summed E-state index contributed by atoms with van der Waals surface area (Å²) >= 11 is 1.09. The summed E-state index contributed by atoms with van der Waals surface area (Å²) in [4.78, 5) is 11.9. The molecule has 0 saturated heterocycles. The number of carbonyl (C=O) groups is 1. The molecule has 0 aliphatic carbocycles. The predicted molar refractivity (Wildman–Crippen MR) is 79.7 cm³/mol. The van der Waals surface area contributed by atoms with Gasteiger partial charge in [0.2, 0.25) is 10.0 Å². The van der Waals surface area contributed by atoms with Crippen molar-refractivity contribution in [2.45, 2.75) is 44.6 Å². The van der Waals surface area contributed by atoms with Crippen LogP contribution in [0.1, 0.15) is 42.4 Å². The molecule has 0 aromatic carbocycles. The van der Waals surface area contributed by atoms with Crippen molar-refractivity contribution in [3.05, 3.63) is 15.8 Å². The lowest BCUT2D eigenvalue weighted by atomic mass is 10.0. The minimum atomic E-state index is -3.74. The second kappa shape index (κ2) is 5.83. The SMILES string of the molecule is CCC(C)(C)N(C)S(=O)(=O)c1c(C)csc1C(=O)OC. The van der Waals surface area contributed by atoms with Crippen LogP contribution in [-0.4, -0.2) is 38.4 Å². The summed E-state index contributed by atoms with van der Waals surface area (Å²) in [5.41, 5.74) is 0.0368. The molecule has 0 unspecified atom stereocenters. The van der Waals surface area contributed by atoms with E-state index in [1.54, 1.807) is 12.3 Å². The van der Waals surface area contributed by atoms with Crippen LogP contribution >= 0.6 is 11.3 Å². The van der Waals surface area contributed by atoms with E-state index >= 15 is 0 Å². The minimum absolute atomic E-state index is 0.0541. The first-order valence-corrected chi connectivity index (χ1v) is 8.57. The molecule has 1 rings (SSSR count). The van der Waals surface area contributed by atoms with E-state index in [1.165, 1.54) is 18.5 Å². The maximum absolute atomic E-state index is 12.8. The molecular formula is C13H21NO4S2. The van der Waals surface area contributed by atoms with Crippen molar-refractivity contribution in [1.82, 2.24) is 4.31 Å². The predicted octanol–water partition coefficient (Wildman–Crippen LogP) is 2.65. The van der Waals surface area contributed by atoms with Gasteiger partial charge < -0.3 is 4.74 Å². The van der Waals surface area contributed by atoms with E-state index in [1.807, 2.05) is 20.8 Å². The van der Waals surface area contributed by atoms with Gasteiger partial charge in [0.25, 0.3) is 0 Å². The Labute approximate surface area is 124 Å². The van der Waals surface area contributed by atoms with E-state index < -0.39 is 21.5 Å². The first kappa shape index (κ1) is 17.1. The summed E-state index contributed by atoms with van der Waals surface area (Å²) in [7, 11) is -0.957. The lowest BCUT2D eigenvalue weighted by molar-refractivity contribution is 0.0602. The van der Waals surface area contributed by atoms with Crippen LogP contribution in [0, 0.1) is 6.92 Å². The fraction of sp³-hybridized carbons (Fsp3) is 0.615. The Kier molecular flexibility index (Phi) is 4.99. The number of thiophene rings is 1. The molecule has 5 nitrogen and oxygen atoms in total. The summed E-state index contributed by atoms with van der Waals surface area (Å²) in [5, 5.41) is 1.66. The zero-order valence-electron chi connectivity index (χ0n) is 12.7. The lowest BCUT2D eigenvalue weighted by Crippen LogP contribution is -2.44. The maximum Gasteiger partial charge on any atom is 0.349 e. The van der Waals surface area contributed by atoms with Gasteiger partial charge in [-0.25, -0.2) is 13.2 Å². The van der Waals surface area contributed by atoms with E-state index in [9.17, 15) is 13.2 Å². The van der Waals surface area contributed by atoms with E-state index in [0.717, 1.165) is 11.3 Å². The quantitative estimate of drug-likeness (QED) is 0.783. The fourth-order valence-electron chi connectivity index (χ4n) is 1.67. The van der Waals surface area contributed by atoms with Gasteiger partial charge in [-0.3, -0.25) is 0 Å². The molecule has 0 aliphatic rings. The highest BCUT2D eigenvalue weighted by Gasteiger charge is 2.37. The fourth-order valence-corrected chi connectivity index (χ4v) is 4.90. The van der Waals surface area contributed by atoms with Crippen LogP contribution in [0.5, 0.6) is 0 Å². The van der Waals surface area contributed by atoms with Gasteiger partial charge in [-0.15, -0.1) is 11.3 Å². The molecule has 1 heterocycles.